The van der Waals surface area contributed by atoms with E-state index < -0.39 is 0 Å². The van der Waals surface area contributed by atoms with Crippen LogP contribution >= 0.6 is 12.4 Å². The maximum absolute atomic E-state index is 12.3. The van der Waals surface area contributed by atoms with Crippen LogP contribution in [-0.2, 0) is 9.59 Å². The SMILES string of the molecule is CC(=O)N1CCN(C(=O)C2CCCC(N)C2)CC1.Cl. The van der Waals surface area contributed by atoms with Crippen LogP contribution in [0.3, 0.4) is 0 Å². The molecule has 5 nitrogen and oxygen atoms in total. The molecule has 0 aromatic heterocycles. The predicted molar refractivity (Wildman–Crippen MR) is 76.0 cm³/mol. The number of hydrogen-bond donors (Lipinski definition) is 1. The molecule has 1 heterocycles. The van der Waals surface area contributed by atoms with Crippen molar-refractivity contribution >= 4 is 24.2 Å². The minimum absolute atomic E-state index is 0. The molecule has 6 heteroatoms. The molecule has 19 heavy (non-hydrogen) atoms. The van der Waals surface area contributed by atoms with Gasteiger partial charge in [0.05, 0.1) is 0 Å². The molecule has 2 amide bonds. The largest absolute Gasteiger partial charge is 0.339 e. The summed E-state index contributed by atoms with van der Waals surface area (Å²) < 4.78 is 0. The standard InChI is InChI=1S/C13H23N3O2.ClH/c1-10(17)15-5-7-16(8-6-15)13(18)11-3-2-4-12(14)9-11;/h11-12H,2-9,14H2,1H3;1H. The van der Waals surface area contributed by atoms with E-state index in [0.29, 0.717) is 26.2 Å². The lowest BCUT2D eigenvalue weighted by molar-refractivity contribution is -0.142. The Hall–Kier alpha value is -0.810. The molecule has 2 rings (SSSR count). The van der Waals surface area contributed by atoms with Crippen LogP contribution in [0.1, 0.15) is 32.6 Å². The van der Waals surface area contributed by atoms with E-state index in [9.17, 15) is 9.59 Å². The number of amides is 2. The van der Waals surface area contributed by atoms with Crippen LogP contribution in [0.15, 0.2) is 0 Å². The Morgan fingerprint density at radius 3 is 2.16 bits per heavy atom. The van der Waals surface area contributed by atoms with Crippen molar-refractivity contribution < 1.29 is 9.59 Å². The van der Waals surface area contributed by atoms with Gasteiger partial charge in [-0.2, -0.15) is 0 Å². The number of halogens is 1. The van der Waals surface area contributed by atoms with Gasteiger partial charge in [-0.3, -0.25) is 9.59 Å². The lowest BCUT2D eigenvalue weighted by Gasteiger charge is -2.37. The van der Waals surface area contributed by atoms with Crippen molar-refractivity contribution in [3.8, 4) is 0 Å². The van der Waals surface area contributed by atoms with E-state index in [4.69, 9.17) is 5.73 Å². The first-order valence-corrected chi connectivity index (χ1v) is 6.88. The highest BCUT2D eigenvalue weighted by atomic mass is 35.5. The topological polar surface area (TPSA) is 66.6 Å². The van der Waals surface area contributed by atoms with Crippen molar-refractivity contribution in [2.24, 2.45) is 11.7 Å². The van der Waals surface area contributed by atoms with Crippen molar-refractivity contribution in [3.63, 3.8) is 0 Å². The van der Waals surface area contributed by atoms with Crippen LogP contribution in [0.2, 0.25) is 0 Å². The molecule has 2 fully saturated rings. The molecule has 2 aliphatic rings. The fourth-order valence-corrected chi connectivity index (χ4v) is 2.95. The van der Waals surface area contributed by atoms with Gasteiger partial charge in [0.2, 0.25) is 11.8 Å². The molecule has 0 aromatic carbocycles. The van der Waals surface area contributed by atoms with Gasteiger partial charge in [-0.1, -0.05) is 6.42 Å². The average molecular weight is 290 g/mol. The summed E-state index contributed by atoms with van der Waals surface area (Å²) in [7, 11) is 0. The molecule has 1 aliphatic heterocycles. The van der Waals surface area contributed by atoms with Crippen molar-refractivity contribution in [3.05, 3.63) is 0 Å². The summed E-state index contributed by atoms with van der Waals surface area (Å²) in [6, 6.07) is 0.186. The van der Waals surface area contributed by atoms with Gasteiger partial charge in [0.15, 0.2) is 0 Å². The van der Waals surface area contributed by atoms with Gasteiger partial charge in [-0.25, -0.2) is 0 Å². The van der Waals surface area contributed by atoms with Crippen LogP contribution in [-0.4, -0.2) is 53.8 Å². The highest BCUT2D eigenvalue weighted by Gasteiger charge is 2.30. The van der Waals surface area contributed by atoms with Crippen molar-refractivity contribution in [1.82, 2.24) is 9.80 Å². The van der Waals surface area contributed by atoms with Gasteiger partial charge < -0.3 is 15.5 Å². The molecule has 1 saturated carbocycles. The Morgan fingerprint density at radius 1 is 1.05 bits per heavy atom. The summed E-state index contributed by atoms with van der Waals surface area (Å²) >= 11 is 0. The summed E-state index contributed by atoms with van der Waals surface area (Å²) in [5, 5.41) is 0. The van der Waals surface area contributed by atoms with Gasteiger partial charge in [-0.15, -0.1) is 12.4 Å². The molecular weight excluding hydrogens is 266 g/mol. The molecule has 0 bridgehead atoms. The van der Waals surface area contributed by atoms with Crippen molar-refractivity contribution in [1.29, 1.82) is 0 Å². The second-order valence-corrected chi connectivity index (χ2v) is 5.45. The second kappa shape index (κ2) is 7.10. The highest BCUT2D eigenvalue weighted by Crippen LogP contribution is 2.25. The Balaban J connectivity index is 0.00000180. The number of rotatable bonds is 1. The van der Waals surface area contributed by atoms with Crippen LogP contribution in [0.25, 0.3) is 0 Å². The third-order valence-corrected chi connectivity index (χ3v) is 4.10. The minimum Gasteiger partial charge on any atom is -0.339 e. The van der Waals surface area contributed by atoms with E-state index in [1.807, 2.05) is 4.90 Å². The fourth-order valence-electron chi connectivity index (χ4n) is 2.95. The molecule has 2 N–H and O–H groups in total. The highest BCUT2D eigenvalue weighted by molar-refractivity contribution is 5.85. The van der Waals surface area contributed by atoms with Crippen molar-refractivity contribution in [2.45, 2.75) is 38.6 Å². The summed E-state index contributed by atoms with van der Waals surface area (Å²) in [4.78, 5) is 27.3. The zero-order chi connectivity index (χ0) is 13.1. The first-order valence-electron chi connectivity index (χ1n) is 6.88. The number of carbonyl (C=O) groups excluding carboxylic acids is 2. The molecule has 2 atom stereocenters. The number of nitrogens with two attached hydrogens (primary N) is 1. The molecule has 2 unspecified atom stereocenters. The Bertz CT molecular complexity index is 330. The van der Waals surface area contributed by atoms with E-state index >= 15 is 0 Å². The van der Waals surface area contributed by atoms with E-state index in [1.54, 1.807) is 11.8 Å². The molecular formula is C13H24ClN3O2. The van der Waals surface area contributed by atoms with Crippen LogP contribution in [0.4, 0.5) is 0 Å². The van der Waals surface area contributed by atoms with E-state index in [-0.39, 0.29) is 36.2 Å². The first kappa shape index (κ1) is 16.2. The van der Waals surface area contributed by atoms with Gasteiger partial charge in [-0.05, 0) is 19.3 Å². The molecule has 0 radical (unpaired) electrons. The number of piperazine rings is 1. The zero-order valence-electron chi connectivity index (χ0n) is 11.5. The van der Waals surface area contributed by atoms with E-state index in [0.717, 1.165) is 25.7 Å². The summed E-state index contributed by atoms with van der Waals surface area (Å²) in [6.45, 7) is 4.26. The summed E-state index contributed by atoms with van der Waals surface area (Å²) in [6.07, 6.45) is 3.90. The van der Waals surface area contributed by atoms with E-state index in [2.05, 4.69) is 0 Å². The minimum atomic E-state index is 0. The lowest BCUT2D eigenvalue weighted by atomic mass is 9.85. The molecule has 110 valence electrons. The smallest absolute Gasteiger partial charge is 0.225 e. The zero-order valence-corrected chi connectivity index (χ0v) is 12.3. The Kier molecular flexibility index (Phi) is 6.07. The molecule has 1 saturated heterocycles. The fraction of sp³-hybridized carbons (Fsp3) is 0.846. The Labute approximate surface area is 120 Å². The maximum Gasteiger partial charge on any atom is 0.225 e. The van der Waals surface area contributed by atoms with Gasteiger partial charge in [0.25, 0.3) is 0 Å². The molecule has 1 aliphatic carbocycles. The lowest BCUT2D eigenvalue weighted by Crippen LogP contribution is -2.52. The summed E-state index contributed by atoms with van der Waals surface area (Å²) in [5.41, 5.74) is 5.93. The van der Waals surface area contributed by atoms with Gasteiger partial charge in [0, 0.05) is 45.1 Å². The summed E-state index contributed by atoms with van der Waals surface area (Å²) in [5.74, 6) is 0.452. The number of carbonyl (C=O) groups is 2. The normalized spacial score (nSPS) is 27.7. The van der Waals surface area contributed by atoms with Crippen LogP contribution in [0, 0.1) is 5.92 Å². The number of nitrogens with zero attached hydrogens (tertiary/aromatic N) is 2. The first-order chi connectivity index (χ1) is 8.58. The van der Waals surface area contributed by atoms with Crippen molar-refractivity contribution in [2.75, 3.05) is 26.2 Å². The molecule has 0 spiro atoms. The number of hydrogen-bond acceptors (Lipinski definition) is 3. The third kappa shape index (κ3) is 4.08. The average Bonchev–Trinajstić information content (AvgIpc) is 2.38. The second-order valence-electron chi connectivity index (χ2n) is 5.45. The monoisotopic (exact) mass is 289 g/mol. The Morgan fingerprint density at radius 2 is 1.63 bits per heavy atom. The third-order valence-electron chi connectivity index (χ3n) is 4.10. The maximum atomic E-state index is 12.3. The quantitative estimate of drug-likeness (QED) is 0.769. The van der Waals surface area contributed by atoms with Crippen LogP contribution in [0.5, 0.6) is 0 Å². The molecule has 0 aromatic rings. The van der Waals surface area contributed by atoms with Crippen LogP contribution < -0.4 is 5.73 Å². The predicted octanol–water partition coefficient (Wildman–Crippen LogP) is 0.616. The van der Waals surface area contributed by atoms with Gasteiger partial charge in [0.1, 0.15) is 0 Å². The van der Waals surface area contributed by atoms with E-state index in [1.165, 1.54) is 0 Å². The van der Waals surface area contributed by atoms with Gasteiger partial charge >= 0.3 is 0 Å².